The number of pyridine rings is 3. The molecule has 1 N–H and O–H groups in total. The number of nitrogens with one attached hydrogen (secondary N) is 1. The second kappa shape index (κ2) is 6.98. The Balaban J connectivity index is 1.86. The van der Waals surface area contributed by atoms with Crippen molar-refractivity contribution < 1.29 is 0 Å². The molecule has 0 fully saturated rings. The van der Waals surface area contributed by atoms with Crippen LogP contribution in [0.25, 0.3) is 11.4 Å². The minimum Gasteiger partial charge on any atom is -0.359 e. The summed E-state index contributed by atoms with van der Waals surface area (Å²) in [6.45, 7) is 1.20. The van der Waals surface area contributed by atoms with E-state index in [1.54, 1.807) is 24.7 Å². The van der Waals surface area contributed by atoms with Crippen LogP contribution in [-0.4, -0.2) is 26.9 Å². The van der Waals surface area contributed by atoms with Gasteiger partial charge in [-0.05, 0) is 31.3 Å². The molecule has 0 saturated heterocycles. The van der Waals surface area contributed by atoms with Crippen LogP contribution < -0.4 is 5.43 Å². The molecule has 0 saturated carbocycles. The molecular weight excluding hydrogens is 288 g/mol. The molecule has 0 radical (unpaired) electrons. The van der Waals surface area contributed by atoms with Gasteiger partial charge in [-0.15, -0.1) is 0 Å². The van der Waals surface area contributed by atoms with Crippen LogP contribution in [-0.2, 0) is 13.1 Å². The fourth-order valence-electron chi connectivity index (χ4n) is 2.50. The largest absolute Gasteiger partial charge is 0.359 e. The Morgan fingerprint density at radius 1 is 1.00 bits per heavy atom. The van der Waals surface area contributed by atoms with Crippen LogP contribution in [0.1, 0.15) is 11.3 Å². The van der Waals surface area contributed by atoms with E-state index in [0.717, 1.165) is 17.1 Å². The van der Waals surface area contributed by atoms with Crippen molar-refractivity contribution in [2.24, 2.45) is 0 Å². The van der Waals surface area contributed by atoms with Gasteiger partial charge in [-0.25, -0.2) is 0 Å². The molecule has 3 heterocycles. The highest BCUT2D eigenvalue weighted by molar-refractivity contribution is 5.58. The second-order valence-electron chi connectivity index (χ2n) is 5.40. The van der Waals surface area contributed by atoms with Crippen molar-refractivity contribution in [1.29, 1.82) is 0 Å². The van der Waals surface area contributed by atoms with Gasteiger partial charge in [0.05, 0.1) is 17.1 Å². The third-order valence-electron chi connectivity index (χ3n) is 3.57. The van der Waals surface area contributed by atoms with Gasteiger partial charge in [0.15, 0.2) is 5.43 Å². The number of H-pyrrole nitrogens is 1. The van der Waals surface area contributed by atoms with Crippen LogP contribution in [0.15, 0.2) is 65.8 Å². The summed E-state index contributed by atoms with van der Waals surface area (Å²) in [5.41, 5.74) is 3.24. The van der Waals surface area contributed by atoms with E-state index in [0.29, 0.717) is 18.7 Å². The highest BCUT2D eigenvalue weighted by Crippen LogP contribution is 2.17. The molecule has 0 atom stereocenters. The molecule has 0 aromatic carbocycles. The van der Waals surface area contributed by atoms with Crippen molar-refractivity contribution in [3.05, 3.63) is 82.5 Å². The van der Waals surface area contributed by atoms with E-state index in [4.69, 9.17) is 0 Å². The lowest BCUT2D eigenvalue weighted by Crippen LogP contribution is -2.23. The predicted octanol–water partition coefficient (Wildman–Crippen LogP) is 2.46. The van der Waals surface area contributed by atoms with Gasteiger partial charge in [0.25, 0.3) is 0 Å². The molecule has 3 aromatic heterocycles. The fourth-order valence-corrected chi connectivity index (χ4v) is 2.50. The highest BCUT2D eigenvalue weighted by Gasteiger charge is 2.13. The van der Waals surface area contributed by atoms with Gasteiger partial charge >= 0.3 is 0 Å². The van der Waals surface area contributed by atoms with Gasteiger partial charge in [-0.1, -0.05) is 12.1 Å². The highest BCUT2D eigenvalue weighted by atomic mass is 16.1. The first-order valence-electron chi connectivity index (χ1n) is 7.44. The lowest BCUT2D eigenvalue weighted by molar-refractivity contribution is 0.314. The van der Waals surface area contributed by atoms with Gasteiger partial charge < -0.3 is 4.98 Å². The lowest BCUT2D eigenvalue weighted by Gasteiger charge is -2.17. The topological polar surface area (TPSA) is 61.9 Å². The van der Waals surface area contributed by atoms with Crippen LogP contribution in [0.5, 0.6) is 0 Å². The molecule has 5 nitrogen and oxygen atoms in total. The Kier molecular flexibility index (Phi) is 4.59. The Labute approximate surface area is 134 Å². The zero-order valence-corrected chi connectivity index (χ0v) is 12.9. The maximum absolute atomic E-state index is 12.3. The van der Waals surface area contributed by atoms with Gasteiger partial charge in [0.2, 0.25) is 0 Å². The molecule has 0 aliphatic carbocycles. The molecule has 3 aromatic rings. The average Bonchev–Trinajstić information content (AvgIpc) is 2.58. The zero-order chi connectivity index (χ0) is 16.1. The van der Waals surface area contributed by atoms with E-state index in [-0.39, 0.29) is 5.43 Å². The van der Waals surface area contributed by atoms with Crippen molar-refractivity contribution in [3.63, 3.8) is 0 Å². The van der Waals surface area contributed by atoms with Crippen molar-refractivity contribution in [2.45, 2.75) is 13.1 Å². The molecule has 5 heteroatoms. The number of hydrogen-bond donors (Lipinski definition) is 1. The van der Waals surface area contributed by atoms with Crippen molar-refractivity contribution in [2.75, 3.05) is 7.05 Å². The van der Waals surface area contributed by atoms with Crippen LogP contribution in [0.3, 0.4) is 0 Å². The van der Waals surface area contributed by atoms with E-state index in [9.17, 15) is 4.79 Å². The minimum atomic E-state index is 0.0114. The van der Waals surface area contributed by atoms with Gasteiger partial charge in [-0.2, -0.15) is 0 Å². The number of aromatic nitrogens is 3. The first kappa shape index (κ1) is 15.1. The summed E-state index contributed by atoms with van der Waals surface area (Å²) in [4.78, 5) is 26.2. The van der Waals surface area contributed by atoms with Crippen LogP contribution in [0, 0.1) is 0 Å². The van der Waals surface area contributed by atoms with Crippen LogP contribution in [0.4, 0.5) is 0 Å². The quantitative estimate of drug-likeness (QED) is 0.786. The molecule has 23 heavy (non-hydrogen) atoms. The summed E-state index contributed by atoms with van der Waals surface area (Å²) in [6, 6.07) is 13.1. The number of rotatable bonds is 5. The number of hydrogen-bond acceptors (Lipinski definition) is 4. The summed E-state index contributed by atoms with van der Waals surface area (Å²) in [5, 5.41) is 0. The first-order valence-corrected chi connectivity index (χ1v) is 7.44. The smallest absolute Gasteiger partial charge is 0.186 e. The third kappa shape index (κ3) is 3.70. The van der Waals surface area contributed by atoms with Crippen molar-refractivity contribution in [1.82, 2.24) is 19.9 Å². The maximum Gasteiger partial charge on any atom is 0.186 e. The Morgan fingerprint density at radius 2 is 1.78 bits per heavy atom. The molecule has 116 valence electrons. The van der Waals surface area contributed by atoms with E-state index in [2.05, 4.69) is 19.9 Å². The van der Waals surface area contributed by atoms with Crippen LogP contribution in [0.2, 0.25) is 0 Å². The standard InChI is InChI=1S/C18H18N4O/c1-22(12-14-6-2-4-9-19-14)13-15-17(23)8-11-21-18(15)16-7-3-5-10-20-16/h2-11H,12-13H2,1H3,(H,21,23). The molecule has 0 bridgehead atoms. The van der Waals surface area contributed by atoms with Gasteiger partial charge in [0.1, 0.15) is 0 Å². The molecule has 0 amide bonds. The second-order valence-corrected chi connectivity index (χ2v) is 5.40. The Hall–Kier alpha value is -2.79. The van der Waals surface area contributed by atoms with Gasteiger partial charge in [-0.3, -0.25) is 19.7 Å². The van der Waals surface area contributed by atoms with Crippen LogP contribution >= 0.6 is 0 Å². The third-order valence-corrected chi connectivity index (χ3v) is 3.57. The Bertz CT molecular complexity index is 815. The number of nitrogens with zero attached hydrogens (tertiary/aromatic N) is 3. The molecule has 0 unspecified atom stereocenters. The fraction of sp³-hybridized carbons (Fsp3) is 0.167. The first-order chi connectivity index (χ1) is 11.2. The zero-order valence-electron chi connectivity index (χ0n) is 12.9. The maximum atomic E-state index is 12.3. The lowest BCUT2D eigenvalue weighted by atomic mass is 10.1. The number of aromatic amines is 1. The monoisotopic (exact) mass is 306 g/mol. The molecular formula is C18H18N4O. The van der Waals surface area contributed by atoms with E-state index in [1.807, 2.05) is 43.4 Å². The van der Waals surface area contributed by atoms with E-state index < -0.39 is 0 Å². The Morgan fingerprint density at radius 3 is 2.48 bits per heavy atom. The summed E-state index contributed by atoms with van der Waals surface area (Å²) in [5.74, 6) is 0. The molecule has 0 spiro atoms. The normalized spacial score (nSPS) is 10.9. The summed E-state index contributed by atoms with van der Waals surface area (Å²) in [6.07, 6.45) is 5.16. The van der Waals surface area contributed by atoms with Crippen molar-refractivity contribution in [3.8, 4) is 11.4 Å². The predicted molar refractivity (Wildman–Crippen MR) is 89.7 cm³/mol. The molecule has 3 rings (SSSR count). The minimum absolute atomic E-state index is 0.0114. The average molecular weight is 306 g/mol. The summed E-state index contributed by atoms with van der Waals surface area (Å²) < 4.78 is 0. The van der Waals surface area contributed by atoms with Gasteiger partial charge in [0, 0.05) is 43.3 Å². The molecule has 0 aliphatic rings. The summed E-state index contributed by atoms with van der Waals surface area (Å²) >= 11 is 0. The van der Waals surface area contributed by atoms with E-state index >= 15 is 0 Å². The van der Waals surface area contributed by atoms with Crippen molar-refractivity contribution >= 4 is 0 Å². The molecule has 0 aliphatic heterocycles. The SMILES string of the molecule is CN(Cc1ccccn1)Cc1c(-c2ccccn2)[nH]ccc1=O. The summed E-state index contributed by atoms with van der Waals surface area (Å²) in [7, 11) is 1.98. The van der Waals surface area contributed by atoms with E-state index in [1.165, 1.54) is 0 Å².